The minimum absolute atomic E-state index is 0.174. The number of hydrogen-bond acceptors (Lipinski definition) is 8. The topological polar surface area (TPSA) is 121 Å². The third kappa shape index (κ3) is 4.74. The summed E-state index contributed by atoms with van der Waals surface area (Å²) < 4.78 is 37.9. The van der Waals surface area contributed by atoms with Crippen LogP contribution in [0.25, 0.3) is 17.0 Å². The van der Waals surface area contributed by atoms with Crippen molar-refractivity contribution in [3.05, 3.63) is 70.5 Å². The van der Waals surface area contributed by atoms with Gasteiger partial charge in [0.05, 0.1) is 23.5 Å². The maximum Gasteiger partial charge on any atom is 0.332 e. The molecule has 0 bridgehead atoms. The molecule has 166 valence electrons. The monoisotopic (exact) mass is 456 g/mol. The number of ether oxygens (including phenoxy) is 2. The molecule has 32 heavy (non-hydrogen) atoms. The van der Waals surface area contributed by atoms with Crippen LogP contribution in [0.3, 0.4) is 0 Å². The Morgan fingerprint density at radius 2 is 1.81 bits per heavy atom. The minimum atomic E-state index is -3.58. The van der Waals surface area contributed by atoms with Gasteiger partial charge in [-0.25, -0.2) is 13.2 Å². The number of nitrogens with zero attached hydrogens (tertiary/aromatic N) is 4. The van der Waals surface area contributed by atoms with Gasteiger partial charge in [0, 0.05) is 19.2 Å². The van der Waals surface area contributed by atoms with Gasteiger partial charge in [-0.15, -0.1) is 5.10 Å². The Labute approximate surface area is 183 Å². The van der Waals surface area contributed by atoms with Crippen LogP contribution >= 0.6 is 0 Å². The van der Waals surface area contributed by atoms with E-state index in [1.807, 2.05) is 0 Å². The van der Waals surface area contributed by atoms with Crippen LogP contribution in [-0.2, 0) is 31.0 Å². The highest BCUT2D eigenvalue weighted by Crippen LogP contribution is 2.18. The first kappa shape index (κ1) is 21.8. The number of rotatable bonds is 6. The van der Waals surface area contributed by atoms with Gasteiger partial charge in [0.25, 0.3) is 5.56 Å². The molecule has 3 aromatic rings. The lowest BCUT2D eigenvalue weighted by Crippen LogP contribution is -2.40. The highest BCUT2D eigenvalue weighted by Gasteiger charge is 2.25. The number of fused-ring (bicyclic) bond motifs is 1. The SMILES string of the molecule is O=C(/C=C/c1ccc(S(=O)(=O)N2CCOCC2)cc1)OCn1nnc2ccccc2c1=O. The molecule has 0 amide bonds. The zero-order chi connectivity index (χ0) is 22.6. The lowest BCUT2D eigenvalue weighted by molar-refractivity contribution is -0.141. The molecule has 10 nitrogen and oxygen atoms in total. The molecule has 0 radical (unpaired) electrons. The second-order valence-electron chi connectivity index (χ2n) is 6.92. The summed E-state index contributed by atoms with van der Waals surface area (Å²) in [4.78, 5) is 24.5. The maximum absolute atomic E-state index is 12.6. The van der Waals surface area contributed by atoms with E-state index in [0.29, 0.717) is 42.8 Å². The third-order valence-corrected chi connectivity index (χ3v) is 6.77. The van der Waals surface area contributed by atoms with Gasteiger partial charge >= 0.3 is 5.97 Å². The fourth-order valence-electron chi connectivity index (χ4n) is 3.13. The van der Waals surface area contributed by atoms with Crippen LogP contribution in [0.2, 0.25) is 0 Å². The summed E-state index contributed by atoms with van der Waals surface area (Å²) in [5.74, 6) is -0.683. The van der Waals surface area contributed by atoms with E-state index in [4.69, 9.17) is 9.47 Å². The van der Waals surface area contributed by atoms with Crippen molar-refractivity contribution in [2.24, 2.45) is 0 Å². The summed E-state index contributed by atoms with van der Waals surface area (Å²) in [5.41, 5.74) is 0.661. The Kier molecular flexibility index (Phi) is 6.40. The molecular weight excluding hydrogens is 436 g/mol. The van der Waals surface area contributed by atoms with Crippen molar-refractivity contribution < 1.29 is 22.7 Å². The molecule has 1 aliphatic rings. The molecule has 1 aliphatic heterocycles. The smallest absolute Gasteiger partial charge is 0.332 e. The van der Waals surface area contributed by atoms with E-state index in [-0.39, 0.29) is 11.6 Å². The fraction of sp³-hybridized carbons (Fsp3) is 0.238. The number of esters is 1. The zero-order valence-corrected chi connectivity index (χ0v) is 17.8. The van der Waals surface area contributed by atoms with E-state index in [1.54, 1.807) is 36.4 Å². The second kappa shape index (κ2) is 9.39. The molecular formula is C21H20N4O6S. The molecule has 0 N–H and O–H groups in total. The number of carbonyl (C=O) groups excluding carboxylic acids is 1. The van der Waals surface area contributed by atoms with E-state index in [9.17, 15) is 18.0 Å². The van der Waals surface area contributed by atoms with E-state index in [0.717, 1.165) is 4.68 Å². The summed E-state index contributed by atoms with van der Waals surface area (Å²) >= 11 is 0. The van der Waals surface area contributed by atoms with Crippen molar-refractivity contribution in [2.45, 2.75) is 11.6 Å². The lowest BCUT2D eigenvalue weighted by atomic mass is 10.2. The molecule has 0 spiro atoms. The molecule has 0 unspecified atom stereocenters. The minimum Gasteiger partial charge on any atom is -0.439 e. The Balaban J connectivity index is 1.37. The lowest BCUT2D eigenvalue weighted by Gasteiger charge is -2.26. The van der Waals surface area contributed by atoms with Crippen molar-refractivity contribution in [3.8, 4) is 0 Å². The quantitative estimate of drug-likeness (QED) is 0.398. The number of benzene rings is 2. The van der Waals surface area contributed by atoms with Crippen molar-refractivity contribution in [1.82, 2.24) is 19.3 Å². The highest BCUT2D eigenvalue weighted by molar-refractivity contribution is 7.89. The summed E-state index contributed by atoms with van der Waals surface area (Å²) in [6.45, 7) is 1.01. The average Bonchev–Trinajstić information content (AvgIpc) is 2.83. The number of sulfonamides is 1. The van der Waals surface area contributed by atoms with Gasteiger partial charge in [0.15, 0.2) is 6.73 Å². The van der Waals surface area contributed by atoms with Gasteiger partial charge in [-0.1, -0.05) is 29.5 Å². The van der Waals surface area contributed by atoms with Gasteiger partial charge in [-0.05, 0) is 35.9 Å². The van der Waals surface area contributed by atoms with E-state index < -0.39 is 21.6 Å². The molecule has 0 saturated carbocycles. The van der Waals surface area contributed by atoms with E-state index >= 15 is 0 Å². The predicted octanol–water partition coefficient (Wildman–Crippen LogP) is 1.03. The third-order valence-electron chi connectivity index (χ3n) is 4.86. The summed E-state index contributed by atoms with van der Waals surface area (Å²) in [6, 6.07) is 12.9. The van der Waals surface area contributed by atoms with Crippen LogP contribution < -0.4 is 5.56 Å². The summed E-state index contributed by atoms with van der Waals surface area (Å²) in [7, 11) is -3.58. The molecule has 1 aromatic heterocycles. The van der Waals surface area contributed by atoms with Gasteiger partial charge in [0.2, 0.25) is 10.0 Å². The first-order chi connectivity index (χ1) is 15.4. The van der Waals surface area contributed by atoms with Gasteiger partial charge in [0.1, 0.15) is 5.52 Å². The Morgan fingerprint density at radius 3 is 2.56 bits per heavy atom. The Bertz CT molecular complexity index is 1310. The molecule has 11 heteroatoms. The largest absolute Gasteiger partial charge is 0.439 e. The van der Waals surface area contributed by atoms with Gasteiger partial charge in [-0.2, -0.15) is 8.99 Å². The molecule has 4 rings (SSSR count). The van der Waals surface area contributed by atoms with Crippen LogP contribution in [-0.4, -0.2) is 60.0 Å². The molecule has 2 aromatic carbocycles. The standard InChI is InChI=1S/C21H20N4O6S/c26-20(31-15-25-21(27)18-3-1-2-4-19(18)22-23-25)10-7-16-5-8-17(9-6-16)32(28,29)24-11-13-30-14-12-24/h1-10H,11-15H2/b10-7+. The number of aromatic nitrogens is 3. The first-order valence-electron chi connectivity index (χ1n) is 9.80. The van der Waals surface area contributed by atoms with Crippen LogP contribution in [0.15, 0.2) is 64.3 Å². The second-order valence-corrected chi connectivity index (χ2v) is 8.86. The van der Waals surface area contributed by atoms with Gasteiger partial charge < -0.3 is 9.47 Å². The van der Waals surface area contributed by atoms with Gasteiger partial charge in [-0.3, -0.25) is 4.79 Å². The summed E-state index contributed by atoms with van der Waals surface area (Å²) in [5, 5.41) is 8.05. The predicted molar refractivity (Wildman–Crippen MR) is 115 cm³/mol. The van der Waals surface area contributed by atoms with Crippen molar-refractivity contribution in [2.75, 3.05) is 26.3 Å². The molecule has 1 fully saturated rings. The van der Waals surface area contributed by atoms with E-state index in [2.05, 4.69) is 10.3 Å². The fourth-order valence-corrected chi connectivity index (χ4v) is 4.54. The molecule has 0 aliphatic carbocycles. The van der Waals surface area contributed by atoms with Crippen molar-refractivity contribution >= 4 is 33.0 Å². The summed E-state index contributed by atoms with van der Waals surface area (Å²) in [6.07, 6.45) is 2.67. The highest BCUT2D eigenvalue weighted by atomic mass is 32.2. The Morgan fingerprint density at radius 1 is 1.09 bits per heavy atom. The molecule has 0 atom stereocenters. The zero-order valence-electron chi connectivity index (χ0n) is 17.0. The number of hydrogen-bond donors (Lipinski definition) is 0. The van der Waals surface area contributed by atoms with Crippen LogP contribution in [0.5, 0.6) is 0 Å². The first-order valence-corrected chi connectivity index (χ1v) is 11.2. The van der Waals surface area contributed by atoms with Crippen LogP contribution in [0.1, 0.15) is 5.56 Å². The average molecular weight is 456 g/mol. The number of carbonyl (C=O) groups is 1. The van der Waals surface area contributed by atoms with Crippen LogP contribution in [0, 0.1) is 0 Å². The Hall–Kier alpha value is -3.41. The normalized spacial score (nSPS) is 15.2. The molecule has 1 saturated heterocycles. The van der Waals surface area contributed by atoms with Crippen LogP contribution in [0.4, 0.5) is 0 Å². The van der Waals surface area contributed by atoms with Crippen molar-refractivity contribution in [3.63, 3.8) is 0 Å². The van der Waals surface area contributed by atoms with Crippen molar-refractivity contribution in [1.29, 1.82) is 0 Å². The number of morpholine rings is 1. The molecule has 2 heterocycles. The maximum atomic E-state index is 12.6. The van der Waals surface area contributed by atoms with E-state index in [1.165, 1.54) is 28.6 Å².